The summed E-state index contributed by atoms with van der Waals surface area (Å²) < 4.78 is 0. The predicted molar refractivity (Wildman–Crippen MR) is 93.6 cm³/mol. The molecule has 0 amide bonds. The van der Waals surface area contributed by atoms with Gasteiger partial charge in [-0.1, -0.05) is 34.6 Å². The third-order valence-corrected chi connectivity index (χ3v) is 5.36. The van der Waals surface area contributed by atoms with Gasteiger partial charge in [-0.15, -0.1) is 0 Å². The zero-order chi connectivity index (χ0) is 15.9. The van der Waals surface area contributed by atoms with E-state index in [1.54, 1.807) is 0 Å². The van der Waals surface area contributed by atoms with Gasteiger partial charge in [-0.2, -0.15) is 0 Å². The highest BCUT2D eigenvalue weighted by Gasteiger charge is 2.33. The Hall–Kier alpha value is -0.120. The standard InChI is InChI=1S/C18H39N3/c1-6-20(7-2)12-9-13-21(8-3)15-16-14-18(4,5)11-10-17(16)19/h16-17H,6-15,19H2,1-5H3. The lowest BCUT2D eigenvalue weighted by atomic mass is 9.70. The van der Waals surface area contributed by atoms with Crippen molar-refractivity contribution in [3.8, 4) is 0 Å². The molecule has 2 atom stereocenters. The summed E-state index contributed by atoms with van der Waals surface area (Å²) in [7, 11) is 0. The number of hydrogen-bond donors (Lipinski definition) is 1. The average molecular weight is 298 g/mol. The Morgan fingerprint density at radius 3 is 2.14 bits per heavy atom. The van der Waals surface area contributed by atoms with E-state index in [-0.39, 0.29) is 0 Å². The summed E-state index contributed by atoms with van der Waals surface area (Å²) in [6, 6.07) is 0.412. The first-order valence-electron chi connectivity index (χ1n) is 9.12. The van der Waals surface area contributed by atoms with Crippen LogP contribution in [0.25, 0.3) is 0 Å². The Morgan fingerprint density at radius 2 is 1.57 bits per heavy atom. The van der Waals surface area contributed by atoms with E-state index in [2.05, 4.69) is 44.4 Å². The Bertz CT molecular complexity index is 274. The SMILES string of the molecule is CCN(CC)CCCN(CC)CC1CC(C)(C)CCC1N. The van der Waals surface area contributed by atoms with Crippen LogP contribution in [0.3, 0.4) is 0 Å². The molecule has 1 fully saturated rings. The molecule has 1 rings (SSSR count). The van der Waals surface area contributed by atoms with Crippen molar-refractivity contribution in [1.82, 2.24) is 9.80 Å². The number of rotatable bonds is 9. The fourth-order valence-corrected chi connectivity index (χ4v) is 3.72. The van der Waals surface area contributed by atoms with Gasteiger partial charge in [0.25, 0.3) is 0 Å². The minimum Gasteiger partial charge on any atom is -0.327 e. The first-order chi connectivity index (χ1) is 9.91. The van der Waals surface area contributed by atoms with Crippen LogP contribution in [0.5, 0.6) is 0 Å². The zero-order valence-electron chi connectivity index (χ0n) is 15.2. The molecule has 3 nitrogen and oxygen atoms in total. The van der Waals surface area contributed by atoms with Gasteiger partial charge < -0.3 is 15.5 Å². The molecule has 0 aliphatic heterocycles. The molecular weight excluding hydrogens is 258 g/mol. The molecule has 0 bridgehead atoms. The molecule has 126 valence electrons. The van der Waals surface area contributed by atoms with E-state index < -0.39 is 0 Å². The highest BCUT2D eigenvalue weighted by atomic mass is 15.1. The van der Waals surface area contributed by atoms with Crippen molar-refractivity contribution in [1.29, 1.82) is 0 Å². The first-order valence-corrected chi connectivity index (χ1v) is 9.12. The van der Waals surface area contributed by atoms with Crippen molar-refractivity contribution >= 4 is 0 Å². The second kappa shape index (κ2) is 9.12. The normalized spacial score (nSPS) is 25.7. The van der Waals surface area contributed by atoms with Crippen molar-refractivity contribution in [2.75, 3.05) is 39.3 Å². The Kier molecular flexibility index (Phi) is 8.22. The molecule has 1 aliphatic carbocycles. The topological polar surface area (TPSA) is 32.5 Å². The highest BCUT2D eigenvalue weighted by Crippen LogP contribution is 2.38. The van der Waals surface area contributed by atoms with Gasteiger partial charge in [0.15, 0.2) is 0 Å². The average Bonchev–Trinajstić information content (AvgIpc) is 2.46. The van der Waals surface area contributed by atoms with E-state index in [4.69, 9.17) is 5.73 Å². The molecule has 0 saturated heterocycles. The van der Waals surface area contributed by atoms with E-state index in [1.165, 1.54) is 58.4 Å². The second-order valence-corrected chi connectivity index (χ2v) is 7.60. The van der Waals surface area contributed by atoms with Gasteiger partial charge in [-0.3, -0.25) is 0 Å². The molecule has 2 N–H and O–H groups in total. The van der Waals surface area contributed by atoms with Crippen molar-refractivity contribution < 1.29 is 0 Å². The molecular formula is C18H39N3. The summed E-state index contributed by atoms with van der Waals surface area (Å²) >= 11 is 0. The molecule has 0 radical (unpaired) electrons. The second-order valence-electron chi connectivity index (χ2n) is 7.60. The summed E-state index contributed by atoms with van der Waals surface area (Å²) in [6.07, 6.45) is 5.06. The molecule has 2 unspecified atom stereocenters. The fourth-order valence-electron chi connectivity index (χ4n) is 3.72. The summed E-state index contributed by atoms with van der Waals surface area (Å²) in [5.74, 6) is 0.683. The van der Waals surface area contributed by atoms with E-state index in [0.717, 1.165) is 6.54 Å². The van der Waals surface area contributed by atoms with Crippen LogP contribution < -0.4 is 5.73 Å². The molecule has 21 heavy (non-hydrogen) atoms. The van der Waals surface area contributed by atoms with Crippen molar-refractivity contribution in [2.24, 2.45) is 17.1 Å². The van der Waals surface area contributed by atoms with E-state index >= 15 is 0 Å². The summed E-state index contributed by atoms with van der Waals surface area (Å²) in [4.78, 5) is 5.14. The van der Waals surface area contributed by atoms with E-state index in [0.29, 0.717) is 17.4 Å². The highest BCUT2D eigenvalue weighted by molar-refractivity contribution is 4.88. The quantitative estimate of drug-likeness (QED) is 0.709. The third kappa shape index (κ3) is 6.66. The molecule has 0 spiro atoms. The van der Waals surface area contributed by atoms with Crippen molar-refractivity contribution in [3.05, 3.63) is 0 Å². The maximum atomic E-state index is 6.39. The van der Waals surface area contributed by atoms with Gasteiger partial charge in [-0.25, -0.2) is 0 Å². The Balaban J connectivity index is 2.38. The van der Waals surface area contributed by atoms with E-state index in [1.807, 2.05) is 0 Å². The lowest BCUT2D eigenvalue weighted by Crippen LogP contribution is -2.45. The largest absolute Gasteiger partial charge is 0.327 e. The lowest BCUT2D eigenvalue weighted by molar-refractivity contribution is 0.114. The molecule has 1 aliphatic rings. The van der Waals surface area contributed by atoms with Crippen LogP contribution in [0, 0.1) is 11.3 Å². The molecule has 0 aromatic heterocycles. The molecule has 0 aromatic carbocycles. The zero-order valence-corrected chi connectivity index (χ0v) is 15.2. The van der Waals surface area contributed by atoms with Crippen LogP contribution in [0.4, 0.5) is 0 Å². The Labute approximate surface area is 133 Å². The van der Waals surface area contributed by atoms with Crippen LogP contribution in [0.2, 0.25) is 0 Å². The summed E-state index contributed by atoms with van der Waals surface area (Å²) in [5.41, 5.74) is 6.88. The summed E-state index contributed by atoms with van der Waals surface area (Å²) in [6.45, 7) is 18.7. The minimum atomic E-state index is 0.412. The lowest BCUT2D eigenvalue weighted by Gasteiger charge is -2.41. The van der Waals surface area contributed by atoms with Gasteiger partial charge in [0.1, 0.15) is 0 Å². The number of hydrogen-bond acceptors (Lipinski definition) is 3. The third-order valence-electron chi connectivity index (χ3n) is 5.36. The smallest absolute Gasteiger partial charge is 0.00797 e. The maximum absolute atomic E-state index is 6.39. The maximum Gasteiger partial charge on any atom is 0.00797 e. The molecule has 0 aromatic rings. The fraction of sp³-hybridized carbons (Fsp3) is 1.00. The van der Waals surface area contributed by atoms with Crippen LogP contribution in [0.15, 0.2) is 0 Å². The monoisotopic (exact) mass is 297 g/mol. The first kappa shape index (κ1) is 18.9. The van der Waals surface area contributed by atoms with Gasteiger partial charge in [0.05, 0.1) is 0 Å². The van der Waals surface area contributed by atoms with Gasteiger partial charge >= 0.3 is 0 Å². The minimum absolute atomic E-state index is 0.412. The molecule has 1 saturated carbocycles. The molecule has 3 heteroatoms. The van der Waals surface area contributed by atoms with Crippen molar-refractivity contribution in [2.45, 2.75) is 66.3 Å². The van der Waals surface area contributed by atoms with E-state index in [9.17, 15) is 0 Å². The van der Waals surface area contributed by atoms with Crippen LogP contribution in [-0.2, 0) is 0 Å². The van der Waals surface area contributed by atoms with Gasteiger partial charge in [0.2, 0.25) is 0 Å². The Morgan fingerprint density at radius 1 is 1.00 bits per heavy atom. The van der Waals surface area contributed by atoms with Crippen LogP contribution in [-0.4, -0.2) is 55.1 Å². The predicted octanol–water partition coefficient (Wildman–Crippen LogP) is 3.19. The van der Waals surface area contributed by atoms with Crippen LogP contribution in [0.1, 0.15) is 60.3 Å². The number of nitrogens with zero attached hydrogens (tertiary/aromatic N) is 2. The number of nitrogens with two attached hydrogens (primary N) is 1. The van der Waals surface area contributed by atoms with Gasteiger partial charge in [0, 0.05) is 12.6 Å². The van der Waals surface area contributed by atoms with Crippen molar-refractivity contribution in [3.63, 3.8) is 0 Å². The van der Waals surface area contributed by atoms with Crippen LogP contribution >= 0.6 is 0 Å². The summed E-state index contributed by atoms with van der Waals surface area (Å²) in [5, 5.41) is 0. The molecule has 0 heterocycles. The van der Waals surface area contributed by atoms with Gasteiger partial charge in [-0.05, 0) is 69.7 Å².